The predicted molar refractivity (Wildman–Crippen MR) is 143 cm³/mol. The van der Waals surface area contributed by atoms with Crippen LogP contribution in [-0.2, 0) is 17.8 Å². The smallest absolute Gasteiger partial charge is 0.253 e. The van der Waals surface area contributed by atoms with Gasteiger partial charge in [0.1, 0.15) is 6.04 Å². The number of hydrogen-bond donors (Lipinski definition) is 1. The third kappa shape index (κ3) is 5.40. The van der Waals surface area contributed by atoms with Crippen LogP contribution in [0.3, 0.4) is 0 Å². The zero-order valence-corrected chi connectivity index (χ0v) is 22.0. The fourth-order valence-electron chi connectivity index (χ4n) is 5.02. The Bertz CT molecular complexity index is 1410. The van der Waals surface area contributed by atoms with E-state index in [0.29, 0.717) is 41.6 Å². The molecule has 0 radical (unpaired) electrons. The molecule has 1 fully saturated rings. The number of benzene rings is 2. The van der Waals surface area contributed by atoms with Crippen LogP contribution in [-0.4, -0.2) is 89.1 Å². The Morgan fingerprint density at radius 2 is 1.71 bits per heavy atom. The van der Waals surface area contributed by atoms with Crippen LogP contribution in [0.5, 0.6) is 11.5 Å². The van der Waals surface area contributed by atoms with Crippen LogP contribution in [0.25, 0.3) is 10.9 Å². The first-order valence-corrected chi connectivity index (χ1v) is 12.7. The molecule has 0 unspecified atom stereocenters. The Labute approximate surface area is 220 Å². The number of hydrogen-bond acceptors (Lipinski definition) is 9. The number of nitrogens with zero attached hydrogens (tertiary/aromatic N) is 6. The second-order valence-electron chi connectivity index (χ2n) is 9.30. The van der Waals surface area contributed by atoms with E-state index in [-0.39, 0.29) is 5.56 Å². The fourth-order valence-corrected chi connectivity index (χ4v) is 5.02. The highest BCUT2D eigenvalue weighted by Gasteiger charge is 2.32. The number of piperazine rings is 1. The van der Waals surface area contributed by atoms with Crippen LogP contribution in [0, 0.1) is 0 Å². The van der Waals surface area contributed by atoms with Gasteiger partial charge in [0.2, 0.25) is 0 Å². The van der Waals surface area contributed by atoms with Gasteiger partial charge in [-0.15, -0.1) is 5.10 Å². The summed E-state index contributed by atoms with van der Waals surface area (Å²) in [6, 6.07) is 15.6. The van der Waals surface area contributed by atoms with E-state index in [1.807, 2.05) is 18.2 Å². The summed E-state index contributed by atoms with van der Waals surface area (Å²) >= 11 is 0. The number of tetrazole rings is 1. The number of rotatable bonds is 10. The van der Waals surface area contributed by atoms with E-state index < -0.39 is 6.04 Å². The van der Waals surface area contributed by atoms with Crippen molar-refractivity contribution in [2.24, 2.45) is 0 Å². The molecule has 4 aromatic rings. The van der Waals surface area contributed by atoms with Crippen molar-refractivity contribution in [3.05, 3.63) is 75.8 Å². The molecule has 1 atom stereocenters. The number of pyridine rings is 1. The van der Waals surface area contributed by atoms with Crippen molar-refractivity contribution in [3.63, 3.8) is 0 Å². The number of nitrogens with one attached hydrogen (secondary N) is 1. The minimum absolute atomic E-state index is 0.192. The number of ether oxygens (including phenoxy) is 3. The molecule has 11 nitrogen and oxygen atoms in total. The van der Waals surface area contributed by atoms with Gasteiger partial charge in [-0.2, -0.15) is 0 Å². The molecule has 0 aliphatic carbocycles. The Morgan fingerprint density at radius 3 is 2.42 bits per heavy atom. The maximum absolute atomic E-state index is 13.5. The van der Waals surface area contributed by atoms with E-state index >= 15 is 0 Å². The van der Waals surface area contributed by atoms with Gasteiger partial charge in [0.15, 0.2) is 17.3 Å². The lowest BCUT2D eigenvalue weighted by molar-refractivity contribution is 0.0984. The summed E-state index contributed by atoms with van der Waals surface area (Å²) in [5.41, 5.74) is 2.34. The minimum Gasteiger partial charge on any atom is -0.493 e. The van der Waals surface area contributed by atoms with Crippen LogP contribution in [0.1, 0.15) is 23.0 Å². The molecular weight excluding hydrogens is 486 g/mol. The van der Waals surface area contributed by atoms with Crippen LogP contribution in [0.4, 0.5) is 0 Å². The van der Waals surface area contributed by atoms with E-state index in [1.54, 1.807) is 32.1 Å². The highest BCUT2D eigenvalue weighted by Crippen LogP contribution is 2.33. The molecule has 0 amide bonds. The quantitative estimate of drug-likeness (QED) is 0.337. The van der Waals surface area contributed by atoms with Crippen molar-refractivity contribution in [2.75, 3.05) is 54.1 Å². The number of aromatic nitrogens is 5. The third-order valence-corrected chi connectivity index (χ3v) is 7.00. The minimum atomic E-state index is -0.429. The van der Waals surface area contributed by atoms with Crippen LogP contribution in [0.2, 0.25) is 0 Å². The average molecular weight is 520 g/mol. The summed E-state index contributed by atoms with van der Waals surface area (Å²) in [6.45, 7) is 5.09. The second-order valence-corrected chi connectivity index (χ2v) is 9.30. The van der Waals surface area contributed by atoms with E-state index in [1.165, 1.54) is 5.56 Å². The van der Waals surface area contributed by atoms with Gasteiger partial charge >= 0.3 is 0 Å². The normalized spacial score (nSPS) is 15.6. The number of fused-ring (bicyclic) bond motifs is 1. The molecule has 0 saturated carbocycles. The molecule has 0 spiro atoms. The fraction of sp³-hybridized carbons (Fsp3) is 0.407. The molecule has 3 heterocycles. The second kappa shape index (κ2) is 11.7. The molecule has 1 aliphatic heterocycles. The lowest BCUT2D eigenvalue weighted by Crippen LogP contribution is -2.48. The van der Waals surface area contributed by atoms with Gasteiger partial charge < -0.3 is 19.2 Å². The molecule has 1 aliphatic rings. The maximum Gasteiger partial charge on any atom is 0.253 e. The van der Waals surface area contributed by atoms with E-state index in [2.05, 4.69) is 54.6 Å². The van der Waals surface area contributed by atoms with Crippen molar-refractivity contribution in [3.8, 4) is 11.5 Å². The Balaban J connectivity index is 1.50. The van der Waals surface area contributed by atoms with Crippen molar-refractivity contribution in [1.29, 1.82) is 0 Å². The summed E-state index contributed by atoms with van der Waals surface area (Å²) in [4.78, 5) is 21.3. The molecule has 200 valence electrons. The SMILES string of the molecule is COCCn1nnnc1[C@H](c1cc2cc(OC)c(OC)cc2[nH]c1=O)N1CCN(Cc2ccccc2)CC1. The van der Waals surface area contributed by atoms with Crippen LogP contribution >= 0.6 is 0 Å². The van der Waals surface area contributed by atoms with E-state index in [9.17, 15) is 4.79 Å². The van der Waals surface area contributed by atoms with Gasteiger partial charge in [-0.1, -0.05) is 30.3 Å². The summed E-state index contributed by atoms with van der Waals surface area (Å²) in [5.74, 6) is 1.76. The van der Waals surface area contributed by atoms with Crippen molar-refractivity contribution in [2.45, 2.75) is 19.1 Å². The van der Waals surface area contributed by atoms with Crippen molar-refractivity contribution in [1.82, 2.24) is 35.0 Å². The summed E-state index contributed by atoms with van der Waals surface area (Å²) in [5, 5.41) is 13.4. The summed E-state index contributed by atoms with van der Waals surface area (Å²) in [7, 11) is 4.81. The summed E-state index contributed by atoms with van der Waals surface area (Å²) in [6.07, 6.45) is 0. The Morgan fingerprint density at radius 1 is 0.974 bits per heavy atom. The molecule has 38 heavy (non-hydrogen) atoms. The molecule has 2 aromatic heterocycles. The first-order chi connectivity index (χ1) is 18.6. The standard InChI is InChI=1S/C27H33N7O4/c1-36-14-13-34-26(29-30-31-34)25(33-11-9-32(10-12-33)18-19-7-5-4-6-8-19)21-15-20-16-23(37-2)24(38-3)17-22(20)28-27(21)35/h4-8,15-17,25H,9-14,18H2,1-3H3,(H,28,35)/t25-/m0/s1. The van der Waals surface area contributed by atoms with Gasteiger partial charge in [0.05, 0.1) is 32.9 Å². The lowest BCUT2D eigenvalue weighted by Gasteiger charge is -2.38. The zero-order chi connectivity index (χ0) is 26.5. The Hall–Kier alpha value is -3.80. The van der Waals surface area contributed by atoms with Crippen molar-refractivity contribution >= 4 is 10.9 Å². The largest absolute Gasteiger partial charge is 0.493 e. The zero-order valence-electron chi connectivity index (χ0n) is 22.0. The average Bonchev–Trinajstić information content (AvgIpc) is 3.41. The van der Waals surface area contributed by atoms with Gasteiger partial charge in [0.25, 0.3) is 5.56 Å². The first kappa shape index (κ1) is 25.8. The molecule has 1 saturated heterocycles. The number of aromatic amines is 1. The Kier molecular flexibility index (Phi) is 7.97. The first-order valence-electron chi connectivity index (χ1n) is 12.7. The molecule has 0 bridgehead atoms. The highest BCUT2D eigenvalue weighted by molar-refractivity contribution is 5.83. The van der Waals surface area contributed by atoms with Crippen molar-refractivity contribution < 1.29 is 14.2 Å². The monoisotopic (exact) mass is 519 g/mol. The van der Waals surface area contributed by atoms with Gasteiger partial charge in [-0.3, -0.25) is 14.6 Å². The molecule has 5 rings (SSSR count). The van der Waals surface area contributed by atoms with Gasteiger partial charge in [0, 0.05) is 56.8 Å². The van der Waals surface area contributed by atoms with Crippen LogP contribution in [0.15, 0.2) is 53.3 Å². The van der Waals surface area contributed by atoms with Gasteiger partial charge in [-0.05, 0) is 28.1 Å². The van der Waals surface area contributed by atoms with Gasteiger partial charge in [-0.25, -0.2) is 4.68 Å². The maximum atomic E-state index is 13.5. The summed E-state index contributed by atoms with van der Waals surface area (Å²) < 4.78 is 17.9. The molecule has 1 N–H and O–H groups in total. The number of H-pyrrole nitrogens is 1. The van der Waals surface area contributed by atoms with E-state index in [4.69, 9.17) is 14.2 Å². The lowest BCUT2D eigenvalue weighted by atomic mass is 10.0. The van der Waals surface area contributed by atoms with E-state index in [0.717, 1.165) is 38.1 Å². The highest BCUT2D eigenvalue weighted by atomic mass is 16.5. The number of methoxy groups -OCH3 is 3. The third-order valence-electron chi connectivity index (χ3n) is 7.00. The van der Waals surface area contributed by atoms with Crippen LogP contribution < -0.4 is 15.0 Å². The molecular formula is C27H33N7O4. The topological polar surface area (TPSA) is 111 Å². The predicted octanol–water partition coefficient (Wildman–Crippen LogP) is 2.09. The molecule has 2 aromatic carbocycles. The molecule has 11 heteroatoms.